The molecule has 11 heavy (non-hydrogen) atoms. The highest BCUT2D eigenvalue weighted by molar-refractivity contribution is 5.39. The molecule has 1 atom stereocenters. The van der Waals surface area contributed by atoms with Crippen molar-refractivity contribution in [2.24, 2.45) is 5.41 Å². The average Bonchev–Trinajstić information content (AvgIpc) is 2.13. The van der Waals surface area contributed by atoms with Gasteiger partial charge in [-0.2, -0.15) is 0 Å². The maximum Gasteiger partial charge on any atom is 0.0840 e. The predicted molar refractivity (Wildman–Crippen MR) is 47.3 cm³/mol. The second kappa shape index (κ2) is 2.49. The monoisotopic (exact) mass is 152 g/mol. The van der Waals surface area contributed by atoms with Crippen molar-refractivity contribution in [2.45, 2.75) is 33.3 Å². The van der Waals surface area contributed by atoms with E-state index in [1.165, 1.54) is 5.57 Å². The van der Waals surface area contributed by atoms with Crippen molar-refractivity contribution in [3.8, 4) is 0 Å². The van der Waals surface area contributed by atoms with Crippen molar-refractivity contribution in [3.05, 3.63) is 23.8 Å². The van der Waals surface area contributed by atoms with E-state index in [4.69, 9.17) is 0 Å². The Hall–Kier alpha value is -0.560. The first-order valence-corrected chi connectivity index (χ1v) is 4.01. The van der Waals surface area contributed by atoms with E-state index in [9.17, 15) is 5.11 Å². The molecule has 0 radical (unpaired) electrons. The van der Waals surface area contributed by atoms with Crippen LogP contribution in [0.5, 0.6) is 0 Å². The van der Waals surface area contributed by atoms with E-state index in [0.29, 0.717) is 0 Å². The van der Waals surface area contributed by atoms with E-state index in [1.54, 1.807) is 0 Å². The molecular formula is C10H16O. The lowest BCUT2D eigenvalue weighted by Crippen LogP contribution is -2.22. The number of hydrogen-bond acceptors (Lipinski definition) is 1. The lowest BCUT2D eigenvalue weighted by molar-refractivity contribution is 0.105. The molecule has 1 saturated carbocycles. The zero-order chi connectivity index (χ0) is 8.65. The number of allylic oxidation sites excluding steroid dienone is 1. The summed E-state index contributed by atoms with van der Waals surface area (Å²) in [6.45, 7) is 10.00. The second-order valence-electron chi connectivity index (χ2n) is 3.91. The van der Waals surface area contributed by atoms with Crippen molar-refractivity contribution in [2.75, 3.05) is 0 Å². The van der Waals surface area contributed by atoms with Gasteiger partial charge in [0.2, 0.25) is 0 Å². The molecule has 1 heteroatoms. The molecule has 1 aliphatic rings. The van der Waals surface area contributed by atoms with E-state index in [-0.39, 0.29) is 11.5 Å². The van der Waals surface area contributed by atoms with Crippen LogP contribution in [0.4, 0.5) is 0 Å². The quantitative estimate of drug-likeness (QED) is 0.564. The zero-order valence-electron chi connectivity index (χ0n) is 7.52. The molecule has 1 fully saturated rings. The van der Waals surface area contributed by atoms with E-state index in [2.05, 4.69) is 20.4 Å². The summed E-state index contributed by atoms with van der Waals surface area (Å²) >= 11 is 0. The number of hydrogen-bond donors (Lipinski definition) is 1. The molecule has 0 heterocycles. The van der Waals surface area contributed by atoms with Gasteiger partial charge in [-0.05, 0) is 29.9 Å². The van der Waals surface area contributed by atoms with Crippen LogP contribution >= 0.6 is 0 Å². The molecule has 0 aromatic heterocycles. The molecule has 0 aromatic carbocycles. The molecule has 0 bridgehead atoms. The first-order valence-electron chi connectivity index (χ1n) is 4.01. The summed E-state index contributed by atoms with van der Waals surface area (Å²) < 4.78 is 0. The Bertz CT molecular complexity index is 211. The Balaban J connectivity index is 2.95. The van der Waals surface area contributed by atoms with E-state index in [0.717, 1.165) is 12.0 Å². The first kappa shape index (κ1) is 8.54. The van der Waals surface area contributed by atoms with Gasteiger partial charge in [0.05, 0.1) is 6.10 Å². The van der Waals surface area contributed by atoms with Gasteiger partial charge in [-0.1, -0.05) is 26.5 Å². The minimum Gasteiger partial charge on any atom is -0.388 e. The average molecular weight is 152 g/mol. The molecule has 1 unspecified atom stereocenters. The highest BCUT2D eigenvalue weighted by Gasteiger charge is 2.38. The van der Waals surface area contributed by atoms with Gasteiger partial charge in [-0.3, -0.25) is 0 Å². The maximum absolute atomic E-state index is 9.69. The van der Waals surface area contributed by atoms with Crippen LogP contribution in [0.3, 0.4) is 0 Å². The fourth-order valence-corrected chi connectivity index (χ4v) is 1.64. The van der Waals surface area contributed by atoms with E-state index >= 15 is 0 Å². The summed E-state index contributed by atoms with van der Waals surface area (Å²) in [5.74, 6) is 0. The Morgan fingerprint density at radius 1 is 1.64 bits per heavy atom. The zero-order valence-corrected chi connectivity index (χ0v) is 7.52. The third-order valence-electron chi connectivity index (χ3n) is 2.48. The smallest absolute Gasteiger partial charge is 0.0840 e. The van der Waals surface area contributed by atoms with Gasteiger partial charge in [0.1, 0.15) is 0 Å². The molecule has 0 aliphatic heterocycles. The fraction of sp³-hybridized carbons (Fsp3) is 0.600. The molecule has 0 amide bonds. The number of aliphatic hydroxyl groups excluding tert-OH is 1. The Labute approximate surface area is 68.4 Å². The van der Waals surface area contributed by atoms with Gasteiger partial charge in [-0.15, -0.1) is 0 Å². The molecular weight excluding hydrogens is 136 g/mol. The second-order valence-corrected chi connectivity index (χ2v) is 3.91. The largest absolute Gasteiger partial charge is 0.388 e. The maximum atomic E-state index is 9.69. The van der Waals surface area contributed by atoms with Crippen LogP contribution < -0.4 is 0 Å². The van der Waals surface area contributed by atoms with Crippen LogP contribution in [-0.2, 0) is 0 Å². The van der Waals surface area contributed by atoms with Gasteiger partial charge in [0, 0.05) is 0 Å². The Morgan fingerprint density at radius 2 is 2.18 bits per heavy atom. The molecule has 62 valence electrons. The molecule has 1 nitrogen and oxygen atoms in total. The fourth-order valence-electron chi connectivity index (χ4n) is 1.64. The van der Waals surface area contributed by atoms with Crippen LogP contribution in [0.1, 0.15) is 27.2 Å². The third-order valence-corrected chi connectivity index (χ3v) is 2.48. The summed E-state index contributed by atoms with van der Waals surface area (Å²) in [6.07, 6.45) is 2.64. The Kier molecular flexibility index (Phi) is 1.93. The van der Waals surface area contributed by atoms with E-state index in [1.807, 2.05) is 13.0 Å². The van der Waals surface area contributed by atoms with Gasteiger partial charge < -0.3 is 5.11 Å². The normalized spacial score (nSPS) is 33.3. The highest BCUT2D eigenvalue weighted by atomic mass is 16.3. The summed E-state index contributed by atoms with van der Waals surface area (Å²) in [5, 5.41) is 9.69. The molecule has 0 aromatic rings. The van der Waals surface area contributed by atoms with Crippen LogP contribution in [0.2, 0.25) is 0 Å². The summed E-state index contributed by atoms with van der Waals surface area (Å²) in [4.78, 5) is 0. The molecule has 0 saturated heterocycles. The van der Waals surface area contributed by atoms with Crippen molar-refractivity contribution in [1.29, 1.82) is 0 Å². The number of aliphatic hydroxyl groups is 1. The minimum atomic E-state index is -0.353. The molecule has 1 rings (SSSR count). The van der Waals surface area contributed by atoms with Crippen molar-refractivity contribution in [1.82, 2.24) is 0 Å². The summed E-state index contributed by atoms with van der Waals surface area (Å²) in [5.41, 5.74) is 2.10. The van der Waals surface area contributed by atoms with Crippen LogP contribution in [0.15, 0.2) is 23.8 Å². The summed E-state index contributed by atoms with van der Waals surface area (Å²) in [7, 11) is 0. The van der Waals surface area contributed by atoms with Crippen molar-refractivity contribution in [3.63, 3.8) is 0 Å². The highest BCUT2D eigenvalue weighted by Crippen LogP contribution is 2.43. The van der Waals surface area contributed by atoms with Gasteiger partial charge in [-0.25, -0.2) is 0 Å². The number of rotatable bonds is 0. The van der Waals surface area contributed by atoms with Crippen LogP contribution in [0, 0.1) is 5.41 Å². The van der Waals surface area contributed by atoms with E-state index < -0.39 is 0 Å². The lowest BCUT2D eigenvalue weighted by Gasteiger charge is -2.21. The van der Waals surface area contributed by atoms with Crippen LogP contribution in [0.25, 0.3) is 0 Å². The summed E-state index contributed by atoms with van der Waals surface area (Å²) in [6, 6.07) is 0. The van der Waals surface area contributed by atoms with Gasteiger partial charge in [0.15, 0.2) is 0 Å². The topological polar surface area (TPSA) is 20.2 Å². The first-order chi connectivity index (χ1) is 4.99. The molecule has 1 aliphatic carbocycles. The molecule has 1 N–H and O–H groups in total. The predicted octanol–water partition coefficient (Wildman–Crippen LogP) is 2.28. The standard InChI is InChI=1S/C10H16O/c1-5-8-6-10(3,4)9(11)7(8)2/h5,9,11H,2,6H2,1,3-4H3. The van der Waals surface area contributed by atoms with Crippen molar-refractivity contribution >= 4 is 0 Å². The van der Waals surface area contributed by atoms with Crippen molar-refractivity contribution < 1.29 is 5.11 Å². The molecule has 0 spiro atoms. The van der Waals surface area contributed by atoms with Crippen LogP contribution in [-0.4, -0.2) is 11.2 Å². The van der Waals surface area contributed by atoms with Gasteiger partial charge in [0.25, 0.3) is 0 Å². The third kappa shape index (κ3) is 1.25. The minimum absolute atomic E-state index is 0.0150. The SMILES string of the molecule is C=C1C(=CC)CC(C)(C)C1O. The van der Waals surface area contributed by atoms with Gasteiger partial charge >= 0.3 is 0 Å². The lowest BCUT2D eigenvalue weighted by atomic mass is 9.89. The Morgan fingerprint density at radius 3 is 2.36 bits per heavy atom.